The molecule has 4 aromatic heterocycles. The van der Waals surface area contributed by atoms with Crippen LogP contribution in [-0.4, -0.2) is 26.9 Å². The van der Waals surface area contributed by atoms with Gasteiger partial charge in [-0.3, -0.25) is 14.2 Å². The number of hydrogen-bond donors (Lipinski definition) is 1. The molecule has 0 atom stereocenters. The first-order valence-electron chi connectivity index (χ1n) is 15.8. The molecule has 5 rings (SSSR count). The van der Waals surface area contributed by atoms with Crippen LogP contribution in [0.1, 0.15) is 92.7 Å². The van der Waals surface area contributed by atoms with Crippen LogP contribution in [0.3, 0.4) is 0 Å². The summed E-state index contributed by atoms with van der Waals surface area (Å²) in [6.45, 7) is 29.0. The van der Waals surface area contributed by atoms with Gasteiger partial charge in [-0.1, -0.05) is 144 Å². The van der Waals surface area contributed by atoms with E-state index >= 15 is 0 Å². The maximum Gasteiger partial charge on any atom is 0.128 e. The predicted octanol–water partition coefficient (Wildman–Crippen LogP) is 9.54. The van der Waals surface area contributed by atoms with Crippen LogP contribution in [0.25, 0.3) is 0 Å². The Morgan fingerprint density at radius 1 is 0.737 bits per heavy atom. The van der Waals surface area contributed by atoms with Gasteiger partial charge in [-0.25, -0.2) is 0 Å². The van der Waals surface area contributed by atoms with E-state index in [2.05, 4.69) is 55.6 Å². The van der Waals surface area contributed by atoms with Crippen LogP contribution in [0.15, 0.2) is 66.2 Å². The molecule has 1 N–H and O–H groups in total. The molecule has 0 saturated carbocycles. The first-order chi connectivity index (χ1) is 22.8. The van der Waals surface area contributed by atoms with E-state index in [1.54, 1.807) is 13.1 Å². The summed E-state index contributed by atoms with van der Waals surface area (Å²) in [4.78, 5) is 5.78. The van der Waals surface area contributed by atoms with E-state index in [1.807, 2.05) is 112 Å². The number of pyridine rings is 4. The Morgan fingerprint density at radius 3 is 1.60 bits per heavy atom. The summed E-state index contributed by atoms with van der Waals surface area (Å²) < 4.78 is 2.75. The summed E-state index contributed by atoms with van der Waals surface area (Å²) in [6.07, 6.45) is 19.2. The zero-order valence-corrected chi connectivity index (χ0v) is 51.0. The van der Waals surface area contributed by atoms with Crippen molar-refractivity contribution in [3.05, 3.63) is 162 Å². The maximum atomic E-state index is 10.9. The number of nitrogens with zero attached hydrogens (tertiary/aromatic N) is 5. The number of aryl methyl sites for hydroxylation is 8. The Balaban J connectivity index is -0.0000000691. The van der Waals surface area contributed by atoms with Gasteiger partial charge in [0.1, 0.15) is 12.4 Å². The van der Waals surface area contributed by atoms with Crippen molar-refractivity contribution in [2.75, 3.05) is 7.05 Å². The fraction of sp³-hybridized carbons (Fsp3) is 0.381. The van der Waals surface area contributed by atoms with Crippen molar-refractivity contribution in [3.63, 3.8) is 0 Å². The number of allylic oxidation sites excluding steroid dienone is 3. The van der Waals surface area contributed by atoms with Gasteiger partial charge >= 0.3 is 0 Å². The SMILES string of the molecule is C.C.C=C1C(C)=CC(C)=[C-]N1C.CC.Cc1[c-][n+]([O-])c(C)c(C)c1.Cc1[c-][n+]([O-])cc(C)c1.Cc1[c-]n(O)c(=S)c(C)c1.Cc1[c-]ncc(C)c1.[V].[W].[W].[W].[W].[W]. The van der Waals surface area contributed by atoms with E-state index < -0.39 is 0 Å². The Morgan fingerprint density at radius 2 is 1.21 bits per heavy atom. The Hall–Kier alpha value is -0.734. The fourth-order valence-corrected chi connectivity index (χ4v) is 4.26. The predicted molar refractivity (Wildman–Crippen MR) is 213 cm³/mol. The van der Waals surface area contributed by atoms with Crippen molar-refractivity contribution in [2.24, 2.45) is 0 Å². The minimum atomic E-state index is 0. The summed E-state index contributed by atoms with van der Waals surface area (Å²) in [5, 5.41) is 30.5. The van der Waals surface area contributed by atoms with Gasteiger partial charge < -0.3 is 25.5 Å². The van der Waals surface area contributed by atoms with Crippen LogP contribution < -0.4 is 9.46 Å². The molecule has 0 amide bonds. The van der Waals surface area contributed by atoms with Crippen molar-refractivity contribution in [1.29, 1.82) is 0 Å². The molecular formula is C42H60N5O3SVW5-5. The quantitative estimate of drug-likeness (QED) is 0.0621. The van der Waals surface area contributed by atoms with E-state index in [9.17, 15) is 10.4 Å². The molecule has 1 radical (unpaired) electrons. The van der Waals surface area contributed by atoms with Crippen molar-refractivity contribution < 1.29 is 139 Å². The monoisotopic (exact) mass is 1690 g/mol. The van der Waals surface area contributed by atoms with Crippen molar-refractivity contribution in [1.82, 2.24) is 14.6 Å². The van der Waals surface area contributed by atoms with Crippen LogP contribution >= 0.6 is 12.2 Å². The summed E-state index contributed by atoms with van der Waals surface area (Å²) >= 11 is 4.84. The van der Waals surface area contributed by atoms with Gasteiger partial charge in [-0.05, 0) is 14.0 Å². The second kappa shape index (κ2) is 40.7. The first-order valence-corrected chi connectivity index (χ1v) is 16.2. The van der Waals surface area contributed by atoms with Crippen molar-refractivity contribution in [2.45, 2.75) is 105 Å². The Kier molecular flexibility index (Phi) is 54.9. The third kappa shape index (κ3) is 32.7. The normalized spacial score (nSPS) is 9.65. The molecule has 0 bridgehead atoms. The van der Waals surface area contributed by atoms with E-state index in [1.165, 1.54) is 17.3 Å². The van der Waals surface area contributed by atoms with Crippen LogP contribution in [0.2, 0.25) is 0 Å². The largest absolute Gasteiger partial charge is 0.641 e. The van der Waals surface area contributed by atoms with Gasteiger partial charge in [0.25, 0.3) is 0 Å². The molecule has 1 aliphatic rings. The first kappa shape index (κ1) is 76.9. The number of hydrogen-bond acceptors (Lipinski definition) is 6. The smallest absolute Gasteiger partial charge is 0.128 e. The molecule has 0 aliphatic carbocycles. The maximum absolute atomic E-state index is 10.9. The fourth-order valence-electron chi connectivity index (χ4n) is 4.16. The number of aromatic nitrogens is 4. The molecular weight excluding hydrogens is 1620 g/mol. The van der Waals surface area contributed by atoms with E-state index in [0.717, 1.165) is 65.4 Å². The molecule has 5 heterocycles. The van der Waals surface area contributed by atoms with Gasteiger partial charge in [-0.2, -0.15) is 30.3 Å². The summed E-state index contributed by atoms with van der Waals surface area (Å²) in [5.41, 5.74) is 12.0. The molecule has 8 nitrogen and oxygen atoms in total. The van der Waals surface area contributed by atoms with Crippen LogP contribution in [0.4, 0.5) is 0 Å². The molecule has 0 unspecified atom stereocenters. The Labute approximate surface area is 434 Å². The van der Waals surface area contributed by atoms with Gasteiger partial charge in [0, 0.05) is 129 Å². The second-order valence-electron chi connectivity index (χ2n) is 11.4. The van der Waals surface area contributed by atoms with E-state index in [-0.39, 0.29) is 139 Å². The molecule has 317 valence electrons. The molecule has 0 spiro atoms. The van der Waals surface area contributed by atoms with Crippen molar-refractivity contribution >= 4 is 12.2 Å². The average Bonchev–Trinajstić information content (AvgIpc) is 2.99. The molecule has 15 heteroatoms. The van der Waals surface area contributed by atoms with Crippen molar-refractivity contribution in [3.8, 4) is 0 Å². The molecule has 57 heavy (non-hydrogen) atoms. The minimum absolute atomic E-state index is 0. The molecule has 0 aromatic carbocycles. The van der Waals surface area contributed by atoms with Gasteiger partial charge in [-0.15, -0.1) is 58.4 Å². The summed E-state index contributed by atoms with van der Waals surface area (Å²) in [5.74, 6) is 0. The molecule has 0 fully saturated rings. The summed E-state index contributed by atoms with van der Waals surface area (Å²) in [6, 6.07) is 7.79. The van der Waals surface area contributed by atoms with E-state index in [4.69, 9.17) is 17.4 Å². The minimum Gasteiger partial charge on any atom is -0.641 e. The van der Waals surface area contributed by atoms with Crippen LogP contribution in [-0.2, 0) is 124 Å². The zero-order valence-electron chi connectivity index (χ0n) is 34.1. The topological polar surface area (TPSA) is 95.2 Å². The number of likely N-dealkylation sites (N-methyl/N-ethyl adjacent to an activating group) is 1. The Bertz CT molecular complexity index is 1710. The molecule has 1 aliphatic heterocycles. The zero-order chi connectivity index (χ0) is 38.0. The summed E-state index contributed by atoms with van der Waals surface area (Å²) in [7, 11) is 1.96. The molecule has 0 saturated heterocycles. The standard InChI is InChI=1S/C9H12N.C8H10NO.C7H8NOS.C7H8NO.C7H8N.C2H6.2CH4.V.5W/c1-7-5-8(2)9(3)10(4)6-7;1-6-4-7(2)8(3)9(10)5-6;1-5-3-6(2)7(10)8(9)4-5;1-6-3-7(2)5-8(9)4-6;1-6-3-7(2)5-8-4-6;1-2;;;;;;;;/h5H,3H2,1-2,4H3;4H,1-3H3;3,9H,1-2H3;3-4H,1-2H3;3-4H,1-2H3;1-2H3;2*1H4;;;;;;/q5*-1;;;;;;;;;. The van der Waals surface area contributed by atoms with E-state index in [0.29, 0.717) is 9.37 Å². The van der Waals surface area contributed by atoms with Crippen LogP contribution in [0.5, 0.6) is 0 Å². The molecule has 4 aromatic rings. The number of rotatable bonds is 0. The van der Waals surface area contributed by atoms with Crippen LogP contribution in [0, 0.1) is 108 Å². The van der Waals surface area contributed by atoms with Gasteiger partial charge in [0.2, 0.25) is 0 Å². The third-order valence-electron chi connectivity index (χ3n) is 6.47. The van der Waals surface area contributed by atoms with Gasteiger partial charge in [0.05, 0.1) is 11.9 Å². The second-order valence-corrected chi connectivity index (χ2v) is 11.8. The average molecular weight is 1690 g/mol. The third-order valence-corrected chi connectivity index (χ3v) is 6.97. The van der Waals surface area contributed by atoms with Gasteiger partial charge in [0.15, 0.2) is 0 Å².